The van der Waals surface area contributed by atoms with Crippen LogP contribution in [0.2, 0.25) is 0 Å². The minimum Gasteiger partial charge on any atom is -0.381 e. The highest BCUT2D eigenvalue weighted by atomic mass is 16.5. The first-order valence-corrected chi connectivity index (χ1v) is 6.20. The topological polar surface area (TPSA) is 60.2 Å². The molecule has 1 fully saturated rings. The first kappa shape index (κ1) is 12.5. The molecule has 0 spiro atoms. The molecule has 0 saturated carbocycles. The molecule has 96 valence electrons. The first-order chi connectivity index (χ1) is 8.14. The van der Waals surface area contributed by atoms with Gasteiger partial charge in [0.25, 0.3) is 0 Å². The molecule has 1 aromatic heterocycles. The van der Waals surface area contributed by atoms with Gasteiger partial charge in [0.05, 0.1) is 6.10 Å². The van der Waals surface area contributed by atoms with Crippen LogP contribution in [0.15, 0.2) is 4.52 Å². The van der Waals surface area contributed by atoms with Crippen molar-refractivity contribution >= 4 is 0 Å². The van der Waals surface area contributed by atoms with Crippen LogP contribution in [0.1, 0.15) is 38.4 Å². The quantitative estimate of drug-likeness (QED) is 0.858. The van der Waals surface area contributed by atoms with Crippen molar-refractivity contribution in [3.8, 4) is 0 Å². The van der Waals surface area contributed by atoms with Gasteiger partial charge in [0.15, 0.2) is 5.82 Å². The SMILES string of the molecule is COC(C)Cc1noc(C2(C)CCNCC2)n1. The van der Waals surface area contributed by atoms with Crippen molar-refractivity contribution in [3.05, 3.63) is 11.7 Å². The van der Waals surface area contributed by atoms with Gasteiger partial charge in [-0.25, -0.2) is 0 Å². The fourth-order valence-corrected chi connectivity index (χ4v) is 2.11. The van der Waals surface area contributed by atoms with Crippen LogP contribution < -0.4 is 5.32 Å². The predicted octanol–water partition coefficient (Wildman–Crippen LogP) is 1.29. The number of methoxy groups -OCH3 is 1. The summed E-state index contributed by atoms with van der Waals surface area (Å²) < 4.78 is 10.6. The molecule has 0 bridgehead atoms. The smallest absolute Gasteiger partial charge is 0.232 e. The number of rotatable bonds is 4. The van der Waals surface area contributed by atoms with Gasteiger partial charge in [-0.15, -0.1) is 0 Å². The van der Waals surface area contributed by atoms with E-state index in [4.69, 9.17) is 9.26 Å². The van der Waals surface area contributed by atoms with Gasteiger partial charge in [-0.1, -0.05) is 12.1 Å². The second-order valence-electron chi connectivity index (χ2n) is 5.08. The monoisotopic (exact) mass is 239 g/mol. The van der Waals surface area contributed by atoms with Crippen molar-refractivity contribution in [2.45, 2.75) is 44.6 Å². The molecule has 1 aliphatic rings. The molecular formula is C12H21N3O2. The fourth-order valence-electron chi connectivity index (χ4n) is 2.11. The van der Waals surface area contributed by atoms with Crippen molar-refractivity contribution in [1.29, 1.82) is 0 Å². The standard InChI is InChI=1S/C12H21N3O2/c1-9(16-3)8-10-14-11(17-15-10)12(2)4-6-13-7-5-12/h9,13H,4-8H2,1-3H3. The van der Waals surface area contributed by atoms with E-state index in [0.29, 0.717) is 6.42 Å². The molecule has 1 atom stereocenters. The molecule has 1 aromatic rings. The zero-order valence-corrected chi connectivity index (χ0v) is 10.8. The summed E-state index contributed by atoms with van der Waals surface area (Å²) in [5.74, 6) is 1.52. The molecule has 5 nitrogen and oxygen atoms in total. The Morgan fingerprint density at radius 1 is 1.47 bits per heavy atom. The van der Waals surface area contributed by atoms with Crippen LogP contribution in [0.5, 0.6) is 0 Å². The van der Waals surface area contributed by atoms with E-state index in [9.17, 15) is 0 Å². The summed E-state index contributed by atoms with van der Waals surface area (Å²) in [6.07, 6.45) is 2.93. The lowest BCUT2D eigenvalue weighted by Crippen LogP contribution is -2.37. The van der Waals surface area contributed by atoms with Crippen molar-refractivity contribution in [2.24, 2.45) is 0 Å². The molecule has 0 aromatic carbocycles. The molecule has 0 amide bonds. The van der Waals surface area contributed by atoms with Gasteiger partial charge in [0, 0.05) is 18.9 Å². The molecule has 17 heavy (non-hydrogen) atoms. The normalized spacial score (nSPS) is 21.4. The number of aromatic nitrogens is 2. The third-order valence-corrected chi connectivity index (χ3v) is 3.56. The number of piperidine rings is 1. The van der Waals surface area contributed by atoms with E-state index >= 15 is 0 Å². The summed E-state index contributed by atoms with van der Waals surface area (Å²) in [4.78, 5) is 4.51. The zero-order valence-electron chi connectivity index (χ0n) is 10.8. The maximum atomic E-state index is 5.41. The molecule has 1 aliphatic heterocycles. The number of hydrogen-bond acceptors (Lipinski definition) is 5. The van der Waals surface area contributed by atoms with Crippen molar-refractivity contribution in [1.82, 2.24) is 15.5 Å². The molecule has 5 heteroatoms. The Kier molecular flexibility index (Phi) is 3.79. The lowest BCUT2D eigenvalue weighted by Gasteiger charge is -2.30. The van der Waals surface area contributed by atoms with Crippen LogP contribution in [0.4, 0.5) is 0 Å². The summed E-state index contributed by atoms with van der Waals surface area (Å²) in [6, 6.07) is 0. The number of nitrogens with zero attached hydrogens (tertiary/aromatic N) is 2. The van der Waals surface area contributed by atoms with E-state index in [1.807, 2.05) is 6.92 Å². The van der Waals surface area contributed by atoms with Crippen LogP contribution in [0.25, 0.3) is 0 Å². The summed E-state index contributed by atoms with van der Waals surface area (Å²) in [5.41, 5.74) is 0.0345. The Hall–Kier alpha value is -0.940. The van der Waals surface area contributed by atoms with Gasteiger partial charge < -0.3 is 14.6 Å². The maximum absolute atomic E-state index is 5.41. The van der Waals surface area contributed by atoms with Gasteiger partial charge in [0.1, 0.15) is 0 Å². The van der Waals surface area contributed by atoms with Crippen LogP contribution >= 0.6 is 0 Å². The van der Waals surface area contributed by atoms with E-state index in [0.717, 1.165) is 37.6 Å². The molecule has 1 N–H and O–H groups in total. The van der Waals surface area contributed by atoms with E-state index in [-0.39, 0.29) is 11.5 Å². The van der Waals surface area contributed by atoms with E-state index in [1.165, 1.54) is 0 Å². The summed E-state index contributed by atoms with van der Waals surface area (Å²) in [5, 5.41) is 7.39. The number of ether oxygens (including phenoxy) is 1. The largest absolute Gasteiger partial charge is 0.381 e. The highest BCUT2D eigenvalue weighted by molar-refractivity contribution is 5.05. The van der Waals surface area contributed by atoms with Gasteiger partial charge in [-0.2, -0.15) is 4.98 Å². The van der Waals surface area contributed by atoms with E-state index in [2.05, 4.69) is 22.4 Å². The molecular weight excluding hydrogens is 218 g/mol. The summed E-state index contributed by atoms with van der Waals surface area (Å²) >= 11 is 0. The third kappa shape index (κ3) is 2.84. The molecule has 0 aliphatic carbocycles. The van der Waals surface area contributed by atoms with Crippen LogP contribution in [0, 0.1) is 0 Å². The lowest BCUT2D eigenvalue weighted by atomic mass is 9.81. The first-order valence-electron chi connectivity index (χ1n) is 6.20. The predicted molar refractivity (Wildman–Crippen MR) is 63.9 cm³/mol. The Bertz CT molecular complexity index is 358. The van der Waals surface area contributed by atoms with Gasteiger partial charge >= 0.3 is 0 Å². The Morgan fingerprint density at radius 2 is 2.18 bits per heavy atom. The minimum atomic E-state index is 0.0345. The third-order valence-electron chi connectivity index (χ3n) is 3.56. The average molecular weight is 239 g/mol. The van der Waals surface area contributed by atoms with Gasteiger partial charge in [0.2, 0.25) is 5.89 Å². The maximum Gasteiger partial charge on any atom is 0.232 e. The average Bonchev–Trinajstić information content (AvgIpc) is 2.79. The second-order valence-corrected chi connectivity index (χ2v) is 5.08. The van der Waals surface area contributed by atoms with Crippen LogP contribution in [0.3, 0.4) is 0 Å². The van der Waals surface area contributed by atoms with Crippen molar-refractivity contribution < 1.29 is 9.26 Å². The van der Waals surface area contributed by atoms with E-state index < -0.39 is 0 Å². The number of hydrogen-bond donors (Lipinski definition) is 1. The second kappa shape index (κ2) is 5.14. The summed E-state index contributed by atoms with van der Waals surface area (Å²) in [7, 11) is 1.69. The van der Waals surface area contributed by atoms with Crippen LogP contribution in [-0.4, -0.2) is 36.4 Å². The number of nitrogens with one attached hydrogen (secondary N) is 1. The summed E-state index contributed by atoms with van der Waals surface area (Å²) in [6.45, 7) is 6.23. The molecule has 1 unspecified atom stereocenters. The molecule has 1 saturated heterocycles. The van der Waals surface area contributed by atoms with Gasteiger partial charge in [-0.3, -0.25) is 0 Å². The lowest BCUT2D eigenvalue weighted by molar-refractivity contribution is 0.116. The zero-order chi connectivity index (χ0) is 12.3. The van der Waals surface area contributed by atoms with Crippen LogP contribution in [-0.2, 0) is 16.6 Å². The molecule has 0 radical (unpaired) electrons. The Labute approximate surface area is 102 Å². The Morgan fingerprint density at radius 3 is 2.82 bits per heavy atom. The minimum absolute atomic E-state index is 0.0345. The fraction of sp³-hybridized carbons (Fsp3) is 0.833. The van der Waals surface area contributed by atoms with Crippen molar-refractivity contribution in [2.75, 3.05) is 20.2 Å². The van der Waals surface area contributed by atoms with Crippen molar-refractivity contribution in [3.63, 3.8) is 0 Å². The van der Waals surface area contributed by atoms with E-state index in [1.54, 1.807) is 7.11 Å². The highest BCUT2D eigenvalue weighted by Crippen LogP contribution is 2.31. The molecule has 2 rings (SSSR count). The molecule has 2 heterocycles. The van der Waals surface area contributed by atoms with Gasteiger partial charge in [-0.05, 0) is 32.9 Å². The highest BCUT2D eigenvalue weighted by Gasteiger charge is 2.34. The Balaban J connectivity index is 2.06.